The van der Waals surface area contributed by atoms with E-state index in [0.717, 1.165) is 6.42 Å². The minimum absolute atomic E-state index is 0.0963. The Labute approximate surface area is 156 Å². The number of hydrogen-bond donors (Lipinski definition) is 1. The van der Waals surface area contributed by atoms with Gasteiger partial charge < -0.3 is 14.8 Å². The summed E-state index contributed by atoms with van der Waals surface area (Å²) in [7, 11) is 1.73. The van der Waals surface area contributed by atoms with Crippen LogP contribution >= 0.6 is 11.6 Å². The highest BCUT2D eigenvalue weighted by Gasteiger charge is 2.14. The number of hydrogen-bond acceptors (Lipinski definition) is 4. The van der Waals surface area contributed by atoms with Crippen molar-refractivity contribution in [2.75, 3.05) is 32.1 Å². The maximum Gasteiger partial charge on any atom is 0.238 e. The predicted octanol–water partition coefficient (Wildman–Crippen LogP) is 3.71. The molecule has 3 rings (SSSR count). The minimum atomic E-state index is -0.382. The third-order valence-electron chi connectivity index (χ3n) is 3.93. The van der Waals surface area contributed by atoms with Gasteiger partial charge in [-0.05, 0) is 31.3 Å². The minimum Gasteiger partial charge on any atom is -0.490 e. The first-order chi connectivity index (χ1) is 12.5. The number of nitrogens with zero attached hydrogens (tertiary/aromatic N) is 1. The van der Waals surface area contributed by atoms with Gasteiger partial charge in [0.25, 0.3) is 0 Å². The molecule has 26 heavy (non-hydrogen) atoms. The number of fused-ring (bicyclic) bond motifs is 1. The van der Waals surface area contributed by atoms with Crippen molar-refractivity contribution in [3.05, 3.63) is 52.8 Å². The van der Waals surface area contributed by atoms with Crippen LogP contribution in [0.1, 0.15) is 12.0 Å². The van der Waals surface area contributed by atoms with E-state index in [1.54, 1.807) is 42.3 Å². The Bertz CT molecular complexity index is 780. The number of rotatable bonds is 5. The van der Waals surface area contributed by atoms with Gasteiger partial charge >= 0.3 is 0 Å². The van der Waals surface area contributed by atoms with Gasteiger partial charge in [0.2, 0.25) is 5.91 Å². The fourth-order valence-electron chi connectivity index (χ4n) is 2.70. The van der Waals surface area contributed by atoms with E-state index in [2.05, 4.69) is 5.32 Å². The number of anilines is 1. The molecule has 0 atom stereocenters. The smallest absolute Gasteiger partial charge is 0.238 e. The predicted molar refractivity (Wildman–Crippen MR) is 98.4 cm³/mol. The van der Waals surface area contributed by atoms with Gasteiger partial charge in [0.1, 0.15) is 5.82 Å². The number of benzene rings is 2. The van der Waals surface area contributed by atoms with E-state index in [1.807, 2.05) is 0 Å². The lowest BCUT2D eigenvalue weighted by molar-refractivity contribution is -0.117. The van der Waals surface area contributed by atoms with E-state index in [-0.39, 0.29) is 24.8 Å². The summed E-state index contributed by atoms with van der Waals surface area (Å²) < 4.78 is 25.0. The Morgan fingerprint density at radius 3 is 2.77 bits per heavy atom. The Hall–Kier alpha value is -2.31. The quantitative estimate of drug-likeness (QED) is 0.861. The molecule has 0 bridgehead atoms. The van der Waals surface area contributed by atoms with Crippen LogP contribution in [-0.2, 0) is 11.3 Å². The van der Waals surface area contributed by atoms with Crippen molar-refractivity contribution in [1.29, 1.82) is 0 Å². The molecule has 7 heteroatoms. The lowest BCUT2D eigenvalue weighted by atomic mass is 10.2. The summed E-state index contributed by atoms with van der Waals surface area (Å²) >= 11 is 6.03. The molecule has 0 unspecified atom stereocenters. The van der Waals surface area contributed by atoms with Gasteiger partial charge in [-0.25, -0.2) is 4.39 Å². The summed E-state index contributed by atoms with van der Waals surface area (Å²) in [5.41, 5.74) is 0.997. The van der Waals surface area contributed by atoms with Crippen molar-refractivity contribution in [3.63, 3.8) is 0 Å². The summed E-state index contributed by atoms with van der Waals surface area (Å²) in [6.07, 6.45) is 0.819. The standard InChI is InChI=1S/C19H20ClFN2O3/c1-23(11-14-15(20)4-2-5-16(14)21)12-19(24)22-13-6-7-17-18(10-13)26-9-3-8-25-17/h2,4-7,10H,3,8-9,11-12H2,1H3,(H,22,24). The lowest BCUT2D eigenvalue weighted by Crippen LogP contribution is -2.30. The summed E-state index contributed by atoms with van der Waals surface area (Å²) in [4.78, 5) is 14.0. The zero-order valence-electron chi connectivity index (χ0n) is 14.4. The van der Waals surface area contributed by atoms with Crippen LogP contribution in [0.4, 0.5) is 10.1 Å². The fraction of sp³-hybridized carbons (Fsp3) is 0.316. The van der Waals surface area contributed by atoms with E-state index in [1.165, 1.54) is 6.07 Å². The second-order valence-electron chi connectivity index (χ2n) is 6.13. The Balaban J connectivity index is 1.59. The highest BCUT2D eigenvalue weighted by atomic mass is 35.5. The monoisotopic (exact) mass is 378 g/mol. The number of likely N-dealkylation sites (N-methyl/N-ethyl adjacent to an activating group) is 1. The van der Waals surface area contributed by atoms with Crippen LogP contribution in [0, 0.1) is 5.82 Å². The van der Waals surface area contributed by atoms with Crippen LogP contribution in [0.25, 0.3) is 0 Å². The van der Waals surface area contributed by atoms with Crippen molar-refractivity contribution < 1.29 is 18.7 Å². The summed E-state index contributed by atoms with van der Waals surface area (Å²) in [5.74, 6) is 0.695. The van der Waals surface area contributed by atoms with Crippen molar-refractivity contribution in [2.24, 2.45) is 0 Å². The maximum absolute atomic E-state index is 13.9. The third kappa shape index (κ3) is 4.65. The van der Waals surface area contributed by atoms with Gasteiger partial charge in [-0.2, -0.15) is 0 Å². The first-order valence-corrected chi connectivity index (χ1v) is 8.71. The number of ether oxygens (including phenoxy) is 2. The number of amides is 1. The van der Waals surface area contributed by atoms with Crippen LogP contribution in [0.3, 0.4) is 0 Å². The van der Waals surface area contributed by atoms with Crippen LogP contribution in [-0.4, -0.2) is 37.6 Å². The molecule has 0 aliphatic carbocycles. The maximum atomic E-state index is 13.9. The summed E-state index contributed by atoms with van der Waals surface area (Å²) in [6, 6.07) is 9.82. The molecule has 0 radical (unpaired) electrons. The number of carbonyl (C=O) groups is 1. The second-order valence-corrected chi connectivity index (χ2v) is 6.54. The zero-order valence-corrected chi connectivity index (χ0v) is 15.2. The van der Waals surface area contributed by atoms with Crippen molar-refractivity contribution in [3.8, 4) is 11.5 Å². The molecule has 0 aromatic heterocycles. The molecule has 1 aliphatic heterocycles. The van der Waals surface area contributed by atoms with Crippen molar-refractivity contribution >= 4 is 23.2 Å². The van der Waals surface area contributed by atoms with Crippen LogP contribution in [0.2, 0.25) is 5.02 Å². The third-order valence-corrected chi connectivity index (χ3v) is 4.29. The fourth-order valence-corrected chi connectivity index (χ4v) is 2.92. The Morgan fingerprint density at radius 2 is 2.00 bits per heavy atom. The molecule has 0 fully saturated rings. The first-order valence-electron chi connectivity index (χ1n) is 8.34. The molecule has 138 valence electrons. The highest BCUT2D eigenvalue weighted by molar-refractivity contribution is 6.31. The SMILES string of the molecule is CN(CC(=O)Nc1ccc2c(c1)OCCCO2)Cc1c(F)cccc1Cl. The van der Waals surface area contributed by atoms with E-state index in [0.29, 0.717) is 41.0 Å². The van der Waals surface area contributed by atoms with E-state index >= 15 is 0 Å². The molecule has 0 saturated heterocycles. The van der Waals surface area contributed by atoms with Gasteiger partial charge in [-0.1, -0.05) is 17.7 Å². The van der Waals surface area contributed by atoms with Crippen LogP contribution < -0.4 is 14.8 Å². The molecule has 2 aromatic carbocycles. The van der Waals surface area contributed by atoms with Crippen molar-refractivity contribution in [2.45, 2.75) is 13.0 Å². The topological polar surface area (TPSA) is 50.8 Å². The van der Waals surface area contributed by atoms with E-state index < -0.39 is 0 Å². The molecule has 1 amide bonds. The zero-order chi connectivity index (χ0) is 18.5. The van der Waals surface area contributed by atoms with Gasteiger partial charge in [-0.15, -0.1) is 0 Å². The molecule has 0 saturated carbocycles. The first kappa shape index (κ1) is 18.5. The van der Waals surface area contributed by atoms with E-state index in [4.69, 9.17) is 21.1 Å². The van der Waals surface area contributed by atoms with Gasteiger partial charge in [0.15, 0.2) is 11.5 Å². The van der Waals surface area contributed by atoms with Crippen LogP contribution in [0.5, 0.6) is 11.5 Å². The molecule has 1 heterocycles. The summed E-state index contributed by atoms with van der Waals surface area (Å²) in [6.45, 7) is 1.53. The van der Waals surface area contributed by atoms with Crippen LogP contribution in [0.15, 0.2) is 36.4 Å². The second kappa shape index (κ2) is 8.38. The number of carbonyl (C=O) groups excluding carboxylic acids is 1. The molecule has 2 aromatic rings. The largest absolute Gasteiger partial charge is 0.490 e. The normalized spacial score (nSPS) is 13.4. The highest BCUT2D eigenvalue weighted by Crippen LogP contribution is 2.32. The van der Waals surface area contributed by atoms with Crippen molar-refractivity contribution in [1.82, 2.24) is 4.90 Å². The average molecular weight is 379 g/mol. The van der Waals surface area contributed by atoms with Gasteiger partial charge in [0, 0.05) is 35.3 Å². The summed E-state index contributed by atoms with van der Waals surface area (Å²) in [5, 5.41) is 3.16. The molecule has 1 aliphatic rings. The van der Waals surface area contributed by atoms with Gasteiger partial charge in [0.05, 0.1) is 19.8 Å². The average Bonchev–Trinajstić information content (AvgIpc) is 2.83. The molecule has 5 nitrogen and oxygen atoms in total. The number of halogens is 2. The van der Waals surface area contributed by atoms with Gasteiger partial charge in [-0.3, -0.25) is 9.69 Å². The van der Waals surface area contributed by atoms with E-state index in [9.17, 15) is 9.18 Å². The Kier molecular flexibility index (Phi) is 5.96. The molecular weight excluding hydrogens is 359 g/mol. The molecular formula is C19H20ClFN2O3. The Morgan fingerprint density at radius 1 is 1.23 bits per heavy atom. The lowest BCUT2D eigenvalue weighted by Gasteiger charge is -2.18. The molecule has 0 spiro atoms. The number of nitrogens with one attached hydrogen (secondary N) is 1. The molecule has 1 N–H and O–H groups in total.